The van der Waals surface area contributed by atoms with Gasteiger partial charge < -0.3 is 10.1 Å². The molecule has 1 fully saturated rings. The van der Waals surface area contributed by atoms with Gasteiger partial charge in [0.2, 0.25) is 0 Å². The first-order valence-electron chi connectivity index (χ1n) is 8.79. The number of nitrogens with zero attached hydrogens (tertiary/aromatic N) is 2. The number of hydrogen-bond donors (Lipinski definition) is 2. The zero-order chi connectivity index (χ0) is 19.3. The molecule has 27 heavy (non-hydrogen) atoms. The number of hydrogen-bond acceptors (Lipinski definition) is 3. The van der Waals surface area contributed by atoms with Gasteiger partial charge in [0.1, 0.15) is 12.3 Å². The molecule has 6 nitrogen and oxygen atoms in total. The van der Waals surface area contributed by atoms with Crippen molar-refractivity contribution in [2.75, 3.05) is 5.32 Å². The average Bonchev–Trinajstić information content (AvgIpc) is 3.25. The minimum atomic E-state index is -4.37. The van der Waals surface area contributed by atoms with Crippen LogP contribution in [0, 0.1) is 0 Å². The second-order valence-electron chi connectivity index (χ2n) is 6.45. The summed E-state index contributed by atoms with van der Waals surface area (Å²) < 4.78 is 43.7. The first kappa shape index (κ1) is 19.1. The highest BCUT2D eigenvalue weighted by atomic mass is 19.4. The molecule has 3 rings (SSSR count). The molecule has 1 aromatic carbocycles. The molecule has 1 saturated carbocycles. The lowest BCUT2D eigenvalue weighted by molar-refractivity contribution is -0.142. The van der Waals surface area contributed by atoms with Gasteiger partial charge in [-0.05, 0) is 31.7 Å². The first-order valence-corrected chi connectivity index (χ1v) is 8.79. The molecular weight excluding hydrogens is 361 g/mol. The van der Waals surface area contributed by atoms with E-state index in [9.17, 15) is 18.0 Å². The Hall–Kier alpha value is -2.71. The van der Waals surface area contributed by atoms with Crippen LogP contribution in [0.3, 0.4) is 0 Å². The lowest BCUT2D eigenvalue weighted by atomic mass is 10.2. The van der Waals surface area contributed by atoms with E-state index in [0.717, 1.165) is 47.9 Å². The highest BCUT2D eigenvalue weighted by molar-refractivity contribution is 5.88. The van der Waals surface area contributed by atoms with Crippen molar-refractivity contribution >= 4 is 11.8 Å². The fraction of sp³-hybridized carbons (Fsp3) is 0.444. The van der Waals surface area contributed by atoms with E-state index in [2.05, 4.69) is 15.7 Å². The second kappa shape index (κ2) is 8.32. The lowest BCUT2D eigenvalue weighted by Crippen LogP contribution is -2.29. The van der Waals surface area contributed by atoms with Crippen molar-refractivity contribution in [3.63, 3.8) is 0 Å². The van der Waals surface area contributed by atoms with Crippen molar-refractivity contribution < 1.29 is 22.7 Å². The predicted molar refractivity (Wildman–Crippen MR) is 93.5 cm³/mol. The molecule has 1 heterocycles. The molecule has 146 valence electrons. The Bertz CT molecular complexity index is 770. The number of anilines is 1. The average molecular weight is 382 g/mol. The predicted octanol–water partition coefficient (Wildman–Crippen LogP) is 4.09. The normalized spacial score (nSPS) is 14.9. The van der Waals surface area contributed by atoms with Gasteiger partial charge >= 0.3 is 12.2 Å². The number of para-hydroxylation sites is 1. The van der Waals surface area contributed by atoms with Crippen LogP contribution in [0.4, 0.5) is 23.8 Å². The summed E-state index contributed by atoms with van der Waals surface area (Å²) >= 11 is 0. The molecule has 0 saturated heterocycles. The number of carbonyl (C=O) groups excluding carboxylic acids is 1. The fourth-order valence-electron chi connectivity index (χ4n) is 2.99. The number of benzene rings is 1. The van der Waals surface area contributed by atoms with Gasteiger partial charge in [-0.15, -0.1) is 0 Å². The largest absolute Gasteiger partial charge is 0.490 e. The Morgan fingerprint density at radius 3 is 2.70 bits per heavy atom. The monoisotopic (exact) mass is 382 g/mol. The summed E-state index contributed by atoms with van der Waals surface area (Å²) in [4.78, 5) is 12.0. The summed E-state index contributed by atoms with van der Waals surface area (Å²) in [7, 11) is 0. The van der Waals surface area contributed by atoms with Crippen LogP contribution in [-0.4, -0.2) is 28.1 Å². The van der Waals surface area contributed by atoms with Gasteiger partial charge in [0.05, 0.1) is 6.10 Å². The van der Waals surface area contributed by atoms with E-state index in [1.54, 1.807) is 0 Å². The molecule has 0 aliphatic heterocycles. The molecule has 1 aliphatic rings. The molecule has 1 aromatic heterocycles. The highest BCUT2D eigenvalue weighted by Crippen LogP contribution is 2.26. The van der Waals surface area contributed by atoms with Crippen molar-refractivity contribution in [3.8, 4) is 5.75 Å². The molecular formula is C18H21F3N4O2. The van der Waals surface area contributed by atoms with Crippen LogP contribution >= 0.6 is 0 Å². The number of halogens is 3. The fourth-order valence-corrected chi connectivity index (χ4v) is 2.99. The summed E-state index contributed by atoms with van der Waals surface area (Å²) in [6.07, 6.45) is 1.38. The topological polar surface area (TPSA) is 68.2 Å². The van der Waals surface area contributed by atoms with Crippen LogP contribution in [0.15, 0.2) is 36.5 Å². The number of amides is 2. The Morgan fingerprint density at radius 2 is 1.96 bits per heavy atom. The van der Waals surface area contributed by atoms with Crippen LogP contribution in [0.1, 0.15) is 31.2 Å². The molecule has 1 aliphatic carbocycles. The van der Waals surface area contributed by atoms with E-state index >= 15 is 0 Å². The van der Waals surface area contributed by atoms with E-state index in [1.165, 1.54) is 6.07 Å². The third kappa shape index (κ3) is 5.90. The van der Waals surface area contributed by atoms with E-state index in [1.807, 2.05) is 24.3 Å². The van der Waals surface area contributed by atoms with Crippen molar-refractivity contribution in [3.05, 3.63) is 42.1 Å². The van der Waals surface area contributed by atoms with Gasteiger partial charge in [0.25, 0.3) is 0 Å². The maximum absolute atomic E-state index is 12.3. The highest BCUT2D eigenvalue weighted by Gasteiger charge is 2.28. The molecule has 0 spiro atoms. The number of urea groups is 1. The van der Waals surface area contributed by atoms with E-state index in [-0.39, 0.29) is 18.5 Å². The Balaban J connectivity index is 1.52. The van der Waals surface area contributed by atoms with E-state index in [0.29, 0.717) is 0 Å². The summed E-state index contributed by atoms with van der Waals surface area (Å²) in [5.41, 5.74) is 0.835. The molecule has 2 amide bonds. The smallest absolute Gasteiger partial charge is 0.408 e. The maximum Gasteiger partial charge on any atom is 0.408 e. The summed E-state index contributed by atoms with van der Waals surface area (Å²) in [5, 5.41) is 8.77. The van der Waals surface area contributed by atoms with Crippen LogP contribution in [0.2, 0.25) is 0 Å². The Labute approximate surface area is 154 Å². The third-order valence-corrected chi connectivity index (χ3v) is 4.23. The Kier molecular flexibility index (Phi) is 5.88. The quantitative estimate of drug-likeness (QED) is 0.791. The summed E-state index contributed by atoms with van der Waals surface area (Å²) in [6.45, 7) is -0.972. The van der Waals surface area contributed by atoms with Gasteiger partial charge in [0, 0.05) is 24.4 Å². The van der Waals surface area contributed by atoms with E-state index in [4.69, 9.17) is 4.74 Å². The SMILES string of the molecule is O=C(NCc1ccccc1OC1CCCC1)Nc1ccn(CC(F)(F)F)n1. The molecule has 0 unspecified atom stereocenters. The van der Waals surface area contributed by atoms with Crippen molar-refractivity contribution in [2.24, 2.45) is 0 Å². The zero-order valence-electron chi connectivity index (χ0n) is 14.6. The van der Waals surface area contributed by atoms with E-state index < -0.39 is 18.8 Å². The summed E-state index contributed by atoms with van der Waals surface area (Å²) in [5.74, 6) is 0.784. The zero-order valence-corrected chi connectivity index (χ0v) is 14.6. The van der Waals surface area contributed by atoms with Gasteiger partial charge in [-0.2, -0.15) is 18.3 Å². The number of rotatable bonds is 6. The van der Waals surface area contributed by atoms with Crippen LogP contribution in [0.25, 0.3) is 0 Å². The lowest BCUT2D eigenvalue weighted by Gasteiger charge is -2.16. The van der Waals surface area contributed by atoms with Crippen LogP contribution in [0.5, 0.6) is 5.75 Å². The minimum Gasteiger partial charge on any atom is -0.490 e. The molecule has 0 radical (unpaired) electrons. The third-order valence-electron chi connectivity index (χ3n) is 4.23. The van der Waals surface area contributed by atoms with Gasteiger partial charge in [-0.3, -0.25) is 10.00 Å². The number of alkyl halides is 3. The maximum atomic E-state index is 12.3. The molecule has 2 N–H and O–H groups in total. The molecule has 2 aromatic rings. The number of carbonyl (C=O) groups is 1. The second-order valence-corrected chi connectivity index (χ2v) is 6.45. The molecule has 0 bridgehead atoms. The molecule has 0 atom stereocenters. The number of nitrogens with one attached hydrogen (secondary N) is 2. The summed E-state index contributed by atoms with van der Waals surface area (Å²) in [6, 6.07) is 8.22. The van der Waals surface area contributed by atoms with Crippen LogP contribution in [-0.2, 0) is 13.1 Å². The molecule has 9 heteroatoms. The van der Waals surface area contributed by atoms with Gasteiger partial charge in [-0.25, -0.2) is 4.79 Å². The van der Waals surface area contributed by atoms with Crippen molar-refractivity contribution in [2.45, 2.75) is 51.1 Å². The number of ether oxygens (including phenoxy) is 1. The standard InChI is InChI=1S/C18H21F3N4O2/c19-18(20,21)12-25-10-9-16(24-25)23-17(26)22-11-13-5-1-4-8-15(13)27-14-6-2-3-7-14/h1,4-5,8-10,14H,2-3,6-7,11-12H2,(H2,22,23,24,26). The Morgan fingerprint density at radius 1 is 1.22 bits per heavy atom. The number of aromatic nitrogens is 2. The van der Waals surface area contributed by atoms with Gasteiger partial charge in [-0.1, -0.05) is 18.2 Å². The minimum absolute atomic E-state index is 0.0484. The van der Waals surface area contributed by atoms with Crippen molar-refractivity contribution in [1.82, 2.24) is 15.1 Å². The van der Waals surface area contributed by atoms with Gasteiger partial charge in [0.15, 0.2) is 5.82 Å². The first-order chi connectivity index (χ1) is 12.9. The van der Waals surface area contributed by atoms with Crippen molar-refractivity contribution in [1.29, 1.82) is 0 Å². The van der Waals surface area contributed by atoms with Crippen LogP contribution < -0.4 is 15.4 Å².